The smallest absolute Gasteiger partial charge is 0.306 e. The minimum atomic E-state index is -2.51. The molecule has 0 unspecified atom stereocenters. The van der Waals surface area contributed by atoms with Gasteiger partial charge in [-0.15, -0.1) is 0 Å². The van der Waals surface area contributed by atoms with Crippen molar-refractivity contribution in [3.8, 4) is 12.1 Å². The second-order valence-electron chi connectivity index (χ2n) is 18.2. The Morgan fingerprint density at radius 2 is 0.692 bits per heavy atom. The van der Waals surface area contributed by atoms with Crippen molar-refractivity contribution in [2.75, 3.05) is 0 Å². The highest BCUT2D eigenvalue weighted by atomic mass is 19.3. The van der Waals surface area contributed by atoms with Gasteiger partial charge < -0.3 is 18.3 Å². The molecule has 0 saturated heterocycles. The normalized spacial score (nSPS) is 11.8. The van der Waals surface area contributed by atoms with Gasteiger partial charge in [-0.3, -0.25) is 19.2 Å². The van der Waals surface area contributed by atoms with Crippen LogP contribution in [0.3, 0.4) is 0 Å². The van der Waals surface area contributed by atoms with Crippen LogP contribution in [0.2, 0.25) is 0 Å². The quantitative estimate of drug-likeness (QED) is 0.0743. The van der Waals surface area contributed by atoms with Gasteiger partial charge in [0.25, 0.3) is 11.4 Å². The lowest BCUT2D eigenvalue weighted by Crippen LogP contribution is -2.13. The molecular formula is C60H32F6N8O4. The fourth-order valence-electron chi connectivity index (χ4n) is 10.1. The predicted octanol–water partition coefficient (Wildman–Crippen LogP) is 13.2. The summed E-state index contributed by atoms with van der Waals surface area (Å²) in [6.45, 7) is 14.3. The number of aromatic nitrogens is 4. The molecule has 0 fully saturated rings. The van der Waals surface area contributed by atoms with Crippen molar-refractivity contribution >= 4 is 122 Å². The van der Waals surface area contributed by atoms with Crippen molar-refractivity contribution in [1.29, 1.82) is 10.5 Å². The maximum Gasteiger partial charge on any atom is 0.306 e. The molecular weight excluding hydrogens is 1010 g/mol. The van der Waals surface area contributed by atoms with E-state index in [2.05, 4.69) is 9.69 Å². The van der Waals surface area contributed by atoms with Gasteiger partial charge in [0.1, 0.15) is 0 Å². The fourth-order valence-corrected chi connectivity index (χ4v) is 10.1. The van der Waals surface area contributed by atoms with E-state index >= 15 is 0 Å². The van der Waals surface area contributed by atoms with E-state index in [-0.39, 0.29) is 43.8 Å². The summed E-state index contributed by atoms with van der Waals surface area (Å²) in [5.74, 6) is -3.46. The van der Waals surface area contributed by atoms with Gasteiger partial charge in [-0.1, -0.05) is 12.1 Å². The second-order valence-corrected chi connectivity index (χ2v) is 18.2. The predicted molar refractivity (Wildman–Crippen MR) is 292 cm³/mol. The first kappa shape index (κ1) is 50.7. The third kappa shape index (κ3) is 8.18. The standard InChI is InChI=1S/C34H18N6O2.C26H14F6N2O2/c1-37-23(17-35)9-19-5-7-29-25(11-19)33(41)27-13-21-16-32-28(14-22(21)15-31(27)39(29)3)34(42)26-12-20(10-24(18-36)38-2)6-8-30(26)40(32)4;1-33-17-5-3-11(21(27)25(29)30)7-13(17)23(35)15-10-20-16(9-19(15)33)24(36)14-8-12(22(28)26(31)32)4-6-18(14)34(20)2/h5-16H,3-4H3;3-10H,1-2H3/b23-9-,24-10+;. The number of halogens is 6. The maximum absolute atomic E-state index is 13.8. The Hall–Kier alpha value is -10.8. The van der Waals surface area contributed by atoms with Crippen molar-refractivity contribution in [3.63, 3.8) is 0 Å². The van der Waals surface area contributed by atoms with E-state index in [1.807, 2.05) is 59.6 Å². The van der Waals surface area contributed by atoms with Crippen LogP contribution in [0.4, 0.5) is 26.3 Å². The Kier molecular flexibility index (Phi) is 12.4. The molecule has 0 aliphatic carbocycles. The molecule has 12 nitrogen and oxygen atoms in total. The molecule has 4 aromatic heterocycles. The first-order valence-corrected chi connectivity index (χ1v) is 23.2. The number of allylic oxidation sites excluding steroid dienone is 2. The van der Waals surface area contributed by atoms with Crippen LogP contribution in [-0.4, -0.2) is 18.3 Å². The van der Waals surface area contributed by atoms with Crippen LogP contribution in [0.25, 0.3) is 131 Å². The Balaban J connectivity index is 0.000000179. The van der Waals surface area contributed by atoms with Gasteiger partial charge in [-0.2, -0.15) is 17.6 Å². The Bertz CT molecular complexity index is 4830. The van der Waals surface area contributed by atoms with Gasteiger partial charge in [0.15, 0.2) is 33.4 Å². The summed E-state index contributed by atoms with van der Waals surface area (Å²) in [4.78, 5) is 60.5. The van der Waals surface area contributed by atoms with Crippen molar-refractivity contribution in [2.24, 2.45) is 28.2 Å². The fraction of sp³-hybridized carbons (Fsp3) is 0.0667. The number of pyridine rings is 4. The summed E-state index contributed by atoms with van der Waals surface area (Å²) in [5, 5.41) is 22.1. The third-order valence-electron chi connectivity index (χ3n) is 14.0. The van der Waals surface area contributed by atoms with Gasteiger partial charge >= 0.3 is 12.2 Å². The van der Waals surface area contributed by atoms with Crippen LogP contribution in [0.5, 0.6) is 0 Å². The van der Waals surface area contributed by atoms with Gasteiger partial charge in [0.2, 0.25) is 0 Å². The van der Waals surface area contributed by atoms with E-state index in [0.717, 1.165) is 35.0 Å². The average molecular weight is 1040 g/mol. The molecule has 0 aliphatic heterocycles. The number of hydrogen-bond donors (Lipinski definition) is 0. The number of fused-ring (bicyclic) bond motifs is 9. The lowest BCUT2D eigenvalue weighted by molar-refractivity contribution is 0.410. The number of rotatable bonds is 4. The van der Waals surface area contributed by atoms with Crippen LogP contribution in [0.15, 0.2) is 152 Å². The first-order valence-electron chi connectivity index (χ1n) is 23.2. The van der Waals surface area contributed by atoms with Gasteiger partial charge in [-0.25, -0.2) is 29.0 Å². The molecule has 4 heterocycles. The van der Waals surface area contributed by atoms with E-state index in [0.29, 0.717) is 76.8 Å². The number of aryl methyl sites for hydroxylation is 4. The van der Waals surface area contributed by atoms with Crippen molar-refractivity contribution in [1.82, 2.24) is 18.3 Å². The second kappa shape index (κ2) is 19.1. The van der Waals surface area contributed by atoms with Gasteiger partial charge in [0, 0.05) is 82.4 Å². The summed E-state index contributed by atoms with van der Waals surface area (Å²) in [5.41, 5.74) is 2.82. The minimum Gasteiger partial charge on any atom is -0.343 e. The highest BCUT2D eigenvalue weighted by Crippen LogP contribution is 2.32. The molecule has 0 bridgehead atoms. The SMILES string of the molecule is Cn1c2ccc(C(F)=C(F)F)cc2c(=O)c2cc3c(cc21)c(=O)c1cc(C(F)=C(F)F)ccc1n3C.[C-]#[N+]/C(C#N)=C\c1ccc2c(c1)c(=O)c1cc3cc4c(cc3cc1n2C)c(=O)c1cc(/C=C(\C#N)[N+]#[C-])ccc1n4C. The molecule has 0 radical (unpaired) electrons. The van der Waals surface area contributed by atoms with Crippen LogP contribution in [0.1, 0.15) is 22.3 Å². The Morgan fingerprint density at radius 3 is 1.00 bits per heavy atom. The zero-order chi connectivity index (χ0) is 55.8. The van der Waals surface area contributed by atoms with Crippen LogP contribution in [-0.2, 0) is 28.2 Å². The van der Waals surface area contributed by atoms with Crippen molar-refractivity contribution < 1.29 is 26.3 Å². The summed E-state index contributed by atoms with van der Waals surface area (Å²) >= 11 is 0. The molecule has 78 heavy (non-hydrogen) atoms. The molecule has 0 N–H and O–H groups in total. The largest absolute Gasteiger partial charge is 0.343 e. The lowest BCUT2D eigenvalue weighted by atomic mass is 9.99. The average Bonchev–Trinajstić information content (AvgIpc) is 3.62. The number of benzene rings is 7. The molecule has 18 heteroatoms. The molecule has 11 aromatic rings. The molecule has 0 atom stereocenters. The Morgan fingerprint density at radius 1 is 0.410 bits per heavy atom. The molecule has 7 aromatic carbocycles. The zero-order valence-corrected chi connectivity index (χ0v) is 41.0. The van der Waals surface area contributed by atoms with E-state index in [1.54, 1.807) is 59.6 Å². The monoisotopic (exact) mass is 1040 g/mol. The van der Waals surface area contributed by atoms with Crippen molar-refractivity contribution in [3.05, 3.63) is 219 Å². The maximum atomic E-state index is 13.8. The summed E-state index contributed by atoms with van der Waals surface area (Å²) in [6, 6.07) is 31.6. The van der Waals surface area contributed by atoms with E-state index < -0.39 is 45.8 Å². The summed E-state index contributed by atoms with van der Waals surface area (Å²) < 4.78 is 85.7. The van der Waals surface area contributed by atoms with Gasteiger partial charge in [0.05, 0.1) is 69.4 Å². The zero-order valence-electron chi connectivity index (χ0n) is 41.0. The topological polar surface area (TPSA) is 144 Å². The summed E-state index contributed by atoms with van der Waals surface area (Å²) in [6.07, 6.45) is -2.10. The highest BCUT2D eigenvalue weighted by molar-refractivity contribution is 6.08. The summed E-state index contributed by atoms with van der Waals surface area (Å²) in [7, 11) is 6.91. The number of nitriles is 2. The molecule has 0 saturated carbocycles. The number of hydrogen-bond acceptors (Lipinski definition) is 6. The molecule has 0 amide bonds. The number of nitrogens with zero attached hydrogens (tertiary/aromatic N) is 8. The Labute approximate surface area is 434 Å². The highest BCUT2D eigenvalue weighted by Gasteiger charge is 2.20. The van der Waals surface area contributed by atoms with Crippen LogP contribution >= 0.6 is 0 Å². The molecule has 0 spiro atoms. The molecule has 378 valence electrons. The van der Waals surface area contributed by atoms with E-state index in [4.69, 9.17) is 23.7 Å². The van der Waals surface area contributed by atoms with Crippen molar-refractivity contribution in [2.45, 2.75) is 0 Å². The lowest BCUT2D eigenvalue weighted by Gasteiger charge is -2.15. The third-order valence-corrected chi connectivity index (χ3v) is 14.0. The van der Waals surface area contributed by atoms with E-state index in [9.17, 15) is 45.5 Å². The van der Waals surface area contributed by atoms with Crippen LogP contribution < -0.4 is 21.7 Å². The van der Waals surface area contributed by atoms with Crippen LogP contribution in [0, 0.1) is 35.8 Å². The van der Waals surface area contributed by atoms with E-state index in [1.165, 1.54) is 36.4 Å². The molecule has 11 rings (SSSR count). The van der Waals surface area contributed by atoms with Gasteiger partial charge in [-0.05, 0) is 131 Å². The first-order chi connectivity index (χ1) is 37.3. The molecule has 0 aliphatic rings. The minimum absolute atomic E-state index is 0.00388.